The highest BCUT2D eigenvalue weighted by molar-refractivity contribution is 5.86. The predicted octanol–water partition coefficient (Wildman–Crippen LogP) is 2.21. The van der Waals surface area contributed by atoms with Gasteiger partial charge in [0.05, 0.1) is 0 Å². The summed E-state index contributed by atoms with van der Waals surface area (Å²) >= 11 is 0. The summed E-state index contributed by atoms with van der Waals surface area (Å²) in [6.07, 6.45) is 2.25. The molecule has 0 spiro atoms. The van der Waals surface area contributed by atoms with Crippen LogP contribution in [0.1, 0.15) is 17.4 Å². The summed E-state index contributed by atoms with van der Waals surface area (Å²) in [4.78, 5) is 4.23. The van der Waals surface area contributed by atoms with Gasteiger partial charge in [0.15, 0.2) is 0 Å². The first-order valence-corrected chi connectivity index (χ1v) is 6.32. The SMILES string of the molecule is Cn1ncnc1CC(N)c1cccc2ccccc12. The molecule has 3 aromatic rings. The third kappa shape index (κ3) is 2.22. The van der Waals surface area contributed by atoms with Gasteiger partial charge in [-0.15, -0.1) is 0 Å². The Bertz CT molecular complexity index is 697. The summed E-state index contributed by atoms with van der Waals surface area (Å²) in [5.41, 5.74) is 7.49. The highest BCUT2D eigenvalue weighted by Gasteiger charge is 2.13. The van der Waals surface area contributed by atoms with Crippen LogP contribution in [0.25, 0.3) is 10.8 Å². The first kappa shape index (κ1) is 11.9. The number of hydrogen-bond acceptors (Lipinski definition) is 3. The minimum Gasteiger partial charge on any atom is -0.324 e. The maximum absolute atomic E-state index is 6.34. The van der Waals surface area contributed by atoms with Gasteiger partial charge in [-0.25, -0.2) is 4.98 Å². The van der Waals surface area contributed by atoms with Crippen LogP contribution < -0.4 is 5.73 Å². The number of hydrogen-bond donors (Lipinski definition) is 1. The van der Waals surface area contributed by atoms with E-state index in [9.17, 15) is 0 Å². The van der Waals surface area contributed by atoms with Crippen LogP contribution in [0.5, 0.6) is 0 Å². The van der Waals surface area contributed by atoms with Crippen molar-refractivity contribution >= 4 is 10.8 Å². The molecule has 1 aromatic heterocycles. The van der Waals surface area contributed by atoms with Crippen molar-refractivity contribution in [3.8, 4) is 0 Å². The third-order valence-corrected chi connectivity index (χ3v) is 3.43. The minimum absolute atomic E-state index is 0.0750. The zero-order valence-corrected chi connectivity index (χ0v) is 10.8. The normalized spacial score (nSPS) is 12.7. The lowest BCUT2D eigenvalue weighted by Gasteiger charge is -2.14. The summed E-state index contributed by atoms with van der Waals surface area (Å²) in [5, 5.41) is 6.50. The number of rotatable bonds is 3. The van der Waals surface area contributed by atoms with Crippen LogP contribution in [0, 0.1) is 0 Å². The van der Waals surface area contributed by atoms with Gasteiger partial charge < -0.3 is 5.73 Å². The second-order valence-corrected chi connectivity index (χ2v) is 4.68. The Hall–Kier alpha value is -2.20. The van der Waals surface area contributed by atoms with Gasteiger partial charge >= 0.3 is 0 Å². The standard InChI is InChI=1S/C15H16N4/c1-19-15(17-10-18-19)9-14(16)13-8-4-6-11-5-2-3-7-12(11)13/h2-8,10,14H,9,16H2,1H3. The number of benzene rings is 2. The van der Waals surface area contributed by atoms with E-state index in [1.165, 1.54) is 10.8 Å². The third-order valence-electron chi connectivity index (χ3n) is 3.43. The van der Waals surface area contributed by atoms with Crippen molar-refractivity contribution in [1.82, 2.24) is 14.8 Å². The lowest BCUT2D eigenvalue weighted by Crippen LogP contribution is -2.16. The van der Waals surface area contributed by atoms with Crippen LogP contribution in [0.2, 0.25) is 0 Å². The molecule has 3 rings (SSSR count). The molecule has 0 radical (unpaired) electrons. The Morgan fingerprint density at radius 2 is 1.95 bits per heavy atom. The fourth-order valence-corrected chi connectivity index (χ4v) is 2.39. The van der Waals surface area contributed by atoms with Crippen molar-refractivity contribution in [1.29, 1.82) is 0 Å². The van der Waals surface area contributed by atoms with Gasteiger partial charge in [0.2, 0.25) is 0 Å². The van der Waals surface area contributed by atoms with Gasteiger partial charge in [0, 0.05) is 19.5 Å². The average Bonchev–Trinajstić information content (AvgIpc) is 2.83. The summed E-state index contributed by atoms with van der Waals surface area (Å²) in [7, 11) is 1.89. The van der Waals surface area contributed by atoms with E-state index in [0.717, 1.165) is 11.4 Å². The largest absolute Gasteiger partial charge is 0.324 e. The molecule has 0 saturated carbocycles. The summed E-state index contributed by atoms with van der Waals surface area (Å²) in [6.45, 7) is 0. The van der Waals surface area contributed by atoms with E-state index in [1.807, 2.05) is 25.2 Å². The molecule has 19 heavy (non-hydrogen) atoms. The molecule has 4 nitrogen and oxygen atoms in total. The van der Waals surface area contributed by atoms with Crippen molar-refractivity contribution in [2.24, 2.45) is 12.8 Å². The maximum atomic E-state index is 6.34. The van der Waals surface area contributed by atoms with Crippen LogP contribution >= 0.6 is 0 Å². The molecule has 0 aliphatic rings. The van der Waals surface area contributed by atoms with E-state index < -0.39 is 0 Å². The van der Waals surface area contributed by atoms with Crippen LogP contribution in [-0.2, 0) is 13.5 Å². The van der Waals surface area contributed by atoms with Gasteiger partial charge in [0.25, 0.3) is 0 Å². The summed E-state index contributed by atoms with van der Waals surface area (Å²) < 4.78 is 1.77. The second kappa shape index (κ2) is 4.82. The Labute approximate surface area is 111 Å². The van der Waals surface area contributed by atoms with Gasteiger partial charge in [-0.3, -0.25) is 4.68 Å². The number of aromatic nitrogens is 3. The van der Waals surface area contributed by atoms with Crippen LogP contribution in [0.15, 0.2) is 48.8 Å². The lowest BCUT2D eigenvalue weighted by molar-refractivity contribution is 0.632. The molecular formula is C15H16N4. The van der Waals surface area contributed by atoms with E-state index in [-0.39, 0.29) is 6.04 Å². The smallest absolute Gasteiger partial charge is 0.138 e. The van der Waals surface area contributed by atoms with Crippen molar-refractivity contribution in [3.63, 3.8) is 0 Å². The fraction of sp³-hybridized carbons (Fsp3) is 0.200. The van der Waals surface area contributed by atoms with Gasteiger partial charge in [-0.05, 0) is 16.3 Å². The lowest BCUT2D eigenvalue weighted by atomic mass is 9.97. The first-order valence-electron chi connectivity index (χ1n) is 6.32. The molecule has 0 saturated heterocycles. The van der Waals surface area contributed by atoms with Crippen molar-refractivity contribution in [2.75, 3.05) is 0 Å². The molecule has 2 N–H and O–H groups in total. The summed E-state index contributed by atoms with van der Waals surface area (Å²) in [5.74, 6) is 0.903. The molecular weight excluding hydrogens is 236 g/mol. The Morgan fingerprint density at radius 3 is 2.74 bits per heavy atom. The number of nitrogens with two attached hydrogens (primary N) is 1. The molecule has 0 fully saturated rings. The van der Waals surface area contributed by atoms with E-state index in [4.69, 9.17) is 5.73 Å². The molecule has 1 atom stereocenters. The first-order chi connectivity index (χ1) is 9.25. The van der Waals surface area contributed by atoms with Gasteiger partial charge in [0.1, 0.15) is 12.2 Å². The minimum atomic E-state index is -0.0750. The zero-order valence-electron chi connectivity index (χ0n) is 10.8. The number of fused-ring (bicyclic) bond motifs is 1. The van der Waals surface area contributed by atoms with Crippen LogP contribution in [-0.4, -0.2) is 14.8 Å². The molecule has 0 amide bonds. The predicted molar refractivity (Wildman–Crippen MR) is 75.6 cm³/mol. The summed E-state index contributed by atoms with van der Waals surface area (Å²) in [6, 6.07) is 14.5. The van der Waals surface area contributed by atoms with E-state index in [2.05, 4.69) is 34.3 Å². The van der Waals surface area contributed by atoms with E-state index in [1.54, 1.807) is 11.0 Å². The highest BCUT2D eigenvalue weighted by Crippen LogP contribution is 2.24. The Kier molecular flexibility index (Phi) is 3.01. The molecule has 0 aliphatic carbocycles. The fourth-order valence-electron chi connectivity index (χ4n) is 2.39. The van der Waals surface area contributed by atoms with E-state index >= 15 is 0 Å². The monoisotopic (exact) mass is 252 g/mol. The average molecular weight is 252 g/mol. The van der Waals surface area contributed by atoms with Crippen molar-refractivity contribution < 1.29 is 0 Å². The molecule has 96 valence electrons. The van der Waals surface area contributed by atoms with E-state index in [0.29, 0.717) is 6.42 Å². The van der Waals surface area contributed by atoms with Gasteiger partial charge in [-0.2, -0.15) is 5.10 Å². The van der Waals surface area contributed by atoms with Gasteiger partial charge in [-0.1, -0.05) is 42.5 Å². The number of aryl methyl sites for hydroxylation is 1. The topological polar surface area (TPSA) is 56.7 Å². The van der Waals surface area contributed by atoms with Crippen LogP contribution in [0.3, 0.4) is 0 Å². The molecule has 1 heterocycles. The Morgan fingerprint density at radius 1 is 1.16 bits per heavy atom. The second-order valence-electron chi connectivity index (χ2n) is 4.68. The quantitative estimate of drug-likeness (QED) is 0.777. The molecule has 0 bridgehead atoms. The molecule has 2 aromatic carbocycles. The van der Waals surface area contributed by atoms with Crippen molar-refractivity contribution in [3.05, 3.63) is 60.2 Å². The highest BCUT2D eigenvalue weighted by atomic mass is 15.3. The molecule has 4 heteroatoms. The molecule has 1 unspecified atom stereocenters. The molecule has 0 aliphatic heterocycles. The van der Waals surface area contributed by atoms with Crippen molar-refractivity contribution in [2.45, 2.75) is 12.5 Å². The maximum Gasteiger partial charge on any atom is 0.138 e. The number of nitrogens with zero attached hydrogens (tertiary/aromatic N) is 3. The Balaban J connectivity index is 1.98. The van der Waals surface area contributed by atoms with Crippen LogP contribution in [0.4, 0.5) is 0 Å². The zero-order chi connectivity index (χ0) is 13.2.